The van der Waals surface area contributed by atoms with E-state index in [4.69, 9.17) is 4.74 Å². The van der Waals surface area contributed by atoms with Crippen LogP contribution in [0.15, 0.2) is 36.7 Å². The maximum atomic E-state index is 5.95. The quantitative estimate of drug-likeness (QED) is 0.750. The highest BCUT2D eigenvalue weighted by Crippen LogP contribution is 2.22. The number of rotatable bonds is 5. The third-order valence-electron chi connectivity index (χ3n) is 4.61. The molecule has 4 rings (SSSR count). The molecule has 2 N–H and O–H groups in total. The summed E-state index contributed by atoms with van der Waals surface area (Å²) in [5.41, 5.74) is 3.65. The summed E-state index contributed by atoms with van der Waals surface area (Å²) in [6, 6.07) is 8.74. The second-order valence-electron chi connectivity index (χ2n) is 7.03. The number of nitrogens with zero attached hydrogens (tertiary/aromatic N) is 3. The molecule has 6 nitrogen and oxygen atoms in total. The smallest absolute Gasteiger partial charge is 0.136 e. The minimum atomic E-state index is 0.0145. The molecule has 1 aromatic carbocycles. The fourth-order valence-corrected chi connectivity index (χ4v) is 3.43. The zero-order valence-corrected chi connectivity index (χ0v) is 14.8. The number of benzene rings is 1. The summed E-state index contributed by atoms with van der Waals surface area (Å²) >= 11 is 0. The molecule has 0 amide bonds. The van der Waals surface area contributed by atoms with Gasteiger partial charge < -0.3 is 19.6 Å². The Morgan fingerprint density at radius 1 is 1.32 bits per heavy atom. The van der Waals surface area contributed by atoms with Crippen LogP contribution >= 0.6 is 0 Å². The Morgan fingerprint density at radius 3 is 3.12 bits per heavy atom. The van der Waals surface area contributed by atoms with Crippen LogP contribution in [0, 0.1) is 0 Å². The molecule has 1 saturated heterocycles. The van der Waals surface area contributed by atoms with Crippen LogP contribution in [0.4, 0.5) is 0 Å². The number of aromatic nitrogens is 3. The van der Waals surface area contributed by atoms with Gasteiger partial charge in [-0.3, -0.25) is 4.90 Å². The van der Waals surface area contributed by atoms with Gasteiger partial charge >= 0.3 is 0 Å². The molecule has 1 aliphatic heterocycles. The van der Waals surface area contributed by atoms with Gasteiger partial charge in [-0.2, -0.15) is 0 Å². The molecule has 1 atom stereocenters. The van der Waals surface area contributed by atoms with Crippen LogP contribution in [-0.2, 0) is 17.8 Å². The van der Waals surface area contributed by atoms with Crippen molar-refractivity contribution in [3.8, 4) is 0 Å². The summed E-state index contributed by atoms with van der Waals surface area (Å²) in [4.78, 5) is 15.8. The third kappa shape index (κ3) is 3.76. The Labute approximate surface area is 147 Å². The van der Waals surface area contributed by atoms with Crippen molar-refractivity contribution in [1.82, 2.24) is 24.8 Å². The Hall–Kier alpha value is -2.15. The summed E-state index contributed by atoms with van der Waals surface area (Å²) in [5.74, 6) is 0.933. The number of ether oxygens (including phenoxy) is 1. The third-order valence-corrected chi connectivity index (χ3v) is 4.61. The van der Waals surface area contributed by atoms with E-state index in [9.17, 15) is 0 Å². The van der Waals surface area contributed by atoms with E-state index >= 15 is 0 Å². The highest BCUT2D eigenvalue weighted by molar-refractivity contribution is 5.79. The highest BCUT2D eigenvalue weighted by Gasteiger charge is 2.24. The number of hydrogen-bond acceptors (Lipinski definition) is 4. The van der Waals surface area contributed by atoms with Crippen molar-refractivity contribution in [3.05, 3.63) is 53.7 Å². The lowest BCUT2D eigenvalue weighted by molar-refractivity contribution is -0.0368. The van der Waals surface area contributed by atoms with E-state index in [0.717, 1.165) is 44.3 Å². The van der Waals surface area contributed by atoms with Gasteiger partial charge in [-0.05, 0) is 43.2 Å². The van der Waals surface area contributed by atoms with Crippen LogP contribution in [0.5, 0.6) is 0 Å². The van der Waals surface area contributed by atoms with E-state index < -0.39 is 0 Å². The number of imidazole rings is 1. The molecule has 1 fully saturated rings. The molecule has 2 aromatic heterocycles. The lowest BCUT2D eigenvalue weighted by Crippen LogP contribution is -2.38. The van der Waals surface area contributed by atoms with Gasteiger partial charge in [0.15, 0.2) is 0 Å². The maximum Gasteiger partial charge on any atom is 0.136 e. The molecule has 6 heteroatoms. The molecule has 0 saturated carbocycles. The van der Waals surface area contributed by atoms with Gasteiger partial charge in [0.05, 0.1) is 6.61 Å². The SMILES string of the molecule is CN(C)Cc1cnc([C@H]2CN(Cc3ccc4[nH]ccc4c3)CCO2)[nH]1. The second-order valence-corrected chi connectivity index (χ2v) is 7.03. The normalized spacial score (nSPS) is 19.1. The standard InChI is InChI=1S/C19H25N5O/c1-23(2)12-16-10-21-19(22-16)18-13-24(7-8-25-18)11-14-3-4-17-15(9-14)5-6-20-17/h3-6,9-10,18,20H,7-8,11-13H2,1-2H3,(H,21,22)/t18-/m1/s1. The molecular formula is C19H25N5O. The Balaban J connectivity index is 1.42. The summed E-state index contributed by atoms with van der Waals surface area (Å²) in [6.45, 7) is 4.35. The van der Waals surface area contributed by atoms with Gasteiger partial charge in [0.1, 0.15) is 11.9 Å². The van der Waals surface area contributed by atoms with E-state index in [1.165, 1.54) is 16.5 Å². The molecule has 132 valence electrons. The minimum Gasteiger partial charge on any atom is -0.368 e. The van der Waals surface area contributed by atoms with E-state index in [1.807, 2.05) is 12.4 Å². The lowest BCUT2D eigenvalue weighted by Gasteiger charge is -2.32. The monoisotopic (exact) mass is 339 g/mol. The first kappa shape index (κ1) is 16.3. The van der Waals surface area contributed by atoms with Crippen LogP contribution in [0.2, 0.25) is 0 Å². The number of aromatic amines is 2. The molecule has 0 unspecified atom stereocenters. The van der Waals surface area contributed by atoms with Crippen molar-refractivity contribution < 1.29 is 4.74 Å². The predicted octanol–water partition coefficient (Wildman–Crippen LogP) is 2.53. The molecule has 1 aliphatic rings. The predicted molar refractivity (Wildman–Crippen MR) is 98.2 cm³/mol. The number of nitrogens with one attached hydrogen (secondary N) is 2. The van der Waals surface area contributed by atoms with Crippen molar-refractivity contribution in [2.45, 2.75) is 19.2 Å². The van der Waals surface area contributed by atoms with E-state index in [2.05, 4.69) is 63.1 Å². The zero-order chi connectivity index (χ0) is 17.2. The molecule has 0 aliphatic carbocycles. The molecule has 25 heavy (non-hydrogen) atoms. The lowest BCUT2D eigenvalue weighted by atomic mass is 10.1. The zero-order valence-electron chi connectivity index (χ0n) is 14.8. The van der Waals surface area contributed by atoms with E-state index in [0.29, 0.717) is 0 Å². The van der Waals surface area contributed by atoms with Crippen molar-refractivity contribution in [3.63, 3.8) is 0 Å². The largest absolute Gasteiger partial charge is 0.368 e. The topological polar surface area (TPSA) is 60.2 Å². The van der Waals surface area contributed by atoms with Gasteiger partial charge in [-0.1, -0.05) is 6.07 Å². The van der Waals surface area contributed by atoms with Gasteiger partial charge in [-0.25, -0.2) is 4.98 Å². The fourth-order valence-electron chi connectivity index (χ4n) is 3.43. The first-order valence-electron chi connectivity index (χ1n) is 8.76. The van der Waals surface area contributed by atoms with Crippen LogP contribution in [0.1, 0.15) is 23.2 Å². The van der Waals surface area contributed by atoms with Crippen molar-refractivity contribution in [2.75, 3.05) is 33.8 Å². The molecule has 3 heterocycles. The summed E-state index contributed by atoms with van der Waals surface area (Å²) in [5, 5.41) is 1.27. The average molecular weight is 339 g/mol. The Morgan fingerprint density at radius 2 is 2.24 bits per heavy atom. The summed E-state index contributed by atoms with van der Waals surface area (Å²) < 4.78 is 5.95. The maximum absolute atomic E-state index is 5.95. The molecular weight excluding hydrogens is 314 g/mol. The molecule has 0 bridgehead atoms. The number of morpholine rings is 1. The van der Waals surface area contributed by atoms with Crippen LogP contribution in [0.3, 0.4) is 0 Å². The fraction of sp³-hybridized carbons (Fsp3) is 0.421. The van der Waals surface area contributed by atoms with Gasteiger partial charge in [0.2, 0.25) is 0 Å². The van der Waals surface area contributed by atoms with Crippen molar-refractivity contribution >= 4 is 10.9 Å². The number of fused-ring (bicyclic) bond motifs is 1. The molecule has 0 spiro atoms. The van der Waals surface area contributed by atoms with E-state index in [-0.39, 0.29) is 6.10 Å². The second kappa shape index (κ2) is 7.00. The van der Waals surface area contributed by atoms with Crippen molar-refractivity contribution in [1.29, 1.82) is 0 Å². The average Bonchev–Trinajstić information content (AvgIpc) is 3.23. The van der Waals surface area contributed by atoms with Crippen LogP contribution in [0.25, 0.3) is 10.9 Å². The molecule has 3 aromatic rings. The first-order valence-corrected chi connectivity index (χ1v) is 8.76. The number of H-pyrrole nitrogens is 2. The Kier molecular flexibility index (Phi) is 4.57. The summed E-state index contributed by atoms with van der Waals surface area (Å²) in [6.07, 6.45) is 3.92. The Bertz CT molecular complexity index is 837. The first-order chi connectivity index (χ1) is 12.2. The van der Waals surface area contributed by atoms with Gasteiger partial charge in [0.25, 0.3) is 0 Å². The van der Waals surface area contributed by atoms with Crippen LogP contribution < -0.4 is 0 Å². The molecule has 0 radical (unpaired) electrons. The van der Waals surface area contributed by atoms with Gasteiger partial charge in [0, 0.05) is 49.8 Å². The van der Waals surface area contributed by atoms with Crippen LogP contribution in [-0.4, -0.2) is 58.5 Å². The van der Waals surface area contributed by atoms with Gasteiger partial charge in [-0.15, -0.1) is 0 Å². The highest BCUT2D eigenvalue weighted by atomic mass is 16.5. The minimum absolute atomic E-state index is 0.0145. The number of hydrogen-bond donors (Lipinski definition) is 2. The van der Waals surface area contributed by atoms with E-state index in [1.54, 1.807) is 0 Å². The van der Waals surface area contributed by atoms with Crippen molar-refractivity contribution in [2.24, 2.45) is 0 Å². The summed E-state index contributed by atoms with van der Waals surface area (Å²) in [7, 11) is 4.11.